The van der Waals surface area contributed by atoms with E-state index in [-0.39, 0.29) is 18.6 Å². The van der Waals surface area contributed by atoms with E-state index in [4.69, 9.17) is 9.47 Å². The average molecular weight is 484 g/mol. The van der Waals surface area contributed by atoms with Crippen LogP contribution < -0.4 is 9.04 Å². The van der Waals surface area contributed by atoms with Crippen molar-refractivity contribution in [1.82, 2.24) is 9.78 Å². The third-order valence-electron chi connectivity index (χ3n) is 5.89. The summed E-state index contributed by atoms with van der Waals surface area (Å²) in [6.07, 6.45) is 4.00. The standard InChI is InChI=1S/C25H29N3O5S/c1-3-32-21-14-10-19(11-15-21)18-8-12-20(13-9-18)28(34(30)31)24-7-5-6-23-22(24)16-26-27(23)17-25(29)33-4-2/h8-16,24H,3-7,17H2,1-2H3,(H,30,31). The number of aromatic nitrogens is 2. The SMILES string of the molecule is CCOC(=O)Cn1ncc2c1CCCC2N(c1ccc(-c2ccc(OCC)cc2)cc1)S(=O)O. The largest absolute Gasteiger partial charge is 0.494 e. The summed E-state index contributed by atoms with van der Waals surface area (Å²) in [6.45, 7) is 4.68. The second-order valence-electron chi connectivity index (χ2n) is 7.98. The van der Waals surface area contributed by atoms with E-state index >= 15 is 0 Å². The van der Waals surface area contributed by atoms with Gasteiger partial charge in [0.1, 0.15) is 12.3 Å². The first-order chi connectivity index (χ1) is 16.5. The summed E-state index contributed by atoms with van der Waals surface area (Å²) in [5.41, 5.74) is 4.46. The van der Waals surface area contributed by atoms with Crippen LogP contribution in [0.25, 0.3) is 11.1 Å². The van der Waals surface area contributed by atoms with E-state index in [0.29, 0.717) is 25.3 Å². The molecule has 0 bridgehead atoms. The number of fused-ring (bicyclic) bond motifs is 1. The third kappa shape index (κ3) is 5.15. The van der Waals surface area contributed by atoms with E-state index in [9.17, 15) is 13.6 Å². The first kappa shape index (κ1) is 24.0. The Balaban J connectivity index is 1.58. The summed E-state index contributed by atoms with van der Waals surface area (Å²) < 4.78 is 36.4. The van der Waals surface area contributed by atoms with Crippen LogP contribution in [0.15, 0.2) is 54.7 Å². The highest BCUT2D eigenvalue weighted by molar-refractivity contribution is 7.80. The lowest BCUT2D eigenvalue weighted by Crippen LogP contribution is -2.33. The smallest absolute Gasteiger partial charge is 0.327 e. The molecule has 180 valence electrons. The van der Waals surface area contributed by atoms with Gasteiger partial charge in [-0.05, 0) is 68.5 Å². The topological polar surface area (TPSA) is 93.9 Å². The average Bonchev–Trinajstić information content (AvgIpc) is 3.24. The van der Waals surface area contributed by atoms with Crippen molar-refractivity contribution in [2.45, 2.75) is 45.7 Å². The van der Waals surface area contributed by atoms with E-state index in [1.165, 1.54) is 4.31 Å². The fourth-order valence-corrected chi connectivity index (χ4v) is 5.13. The van der Waals surface area contributed by atoms with Crippen molar-refractivity contribution in [3.8, 4) is 16.9 Å². The van der Waals surface area contributed by atoms with Crippen LogP contribution in [-0.2, 0) is 33.8 Å². The van der Waals surface area contributed by atoms with E-state index in [0.717, 1.165) is 41.0 Å². The van der Waals surface area contributed by atoms with Crippen LogP contribution in [0, 0.1) is 0 Å². The van der Waals surface area contributed by atoms with Gasteiger partial charge >= 0.3 is 5.97 Å². The molecule has 1 aliphatic carbocycles. The first-order valence-corrected chi connectivity index (χ1v) is 12.5. The molecule has 34 heavy (non-hydrogen) atoms. The van der Waals surface area contributed by atoms with Crippen molar-refractivity contribution in [3.05, 3.63) is 66.0 Å². The van der Waals surface area contributed by atoms with E-state index in [1.807, 2.05) is 55.5 Å². The fourth-order valence-electron chi connectivity index (χ4n) is 4.39. The minimum absolute atomic E-state index is 0.0366. The predicted octanol–water partition coefficient (Wildman–Crippen LogP) is 4.53. The van der Waals surface area contributed by atoms with Gasteiger partial charge in [-0.25, -0.2) is 4.21 Å². The Morgan fingerprint density at radius 3 is 2.41 bits per heavy atom. The number of hydrogen-bond donors (Lipinski definition) is 1. The molecule has 2 atom stereocenters. The van der Waals surface area contributed by atoms with Gasteiger partial charge in [0.2, 0.25) is 0 Å². The van der Waals surface area contributed by atoms with Crippen molar-refractivity contribution in [3.63, 3.8) is 0 Å². The second kappa shape index (κ2) is 10.8. The number of benzene rings is 2. The molecule has 0 fully saturated rings. The number of carbonyl (C=O) groups excluding carboxylic acids is 1. The van der Waals surface area contributed by atoms with Gasteiger partial charge in [0.15, 0.2) is 0 Å². The number of hydrogen-bond acceptors (Lipinski definition) is 5. The van der Waals surface area contributed by atoms with Gasteiger partial charge in [-0.15, -0.1) is 0 Å². The van der Waals surface area contributed by atoms with Gasteiger partial charge in [-0.2, -0.15) is 5.10 Å². The molecule has 9 heteroatoms. The Labute approximate surface area is 201 Å². The zero-order valence-electron chi connectivity index (χ0n) is 19.3. The van der Waals surface area contributed by atoms with E-state index in [2.05, 4.69) is 5.10 Å². The molecule has 8 nitrogen and oxygen atoms in total. The minimum Gasteiger partial charge on any atom is -0.494 e. The summed E-state index contributed by atoms with van der Waals surface area (Å²) >= 11 is -2.23. The molecule has 1 aliphatic rings. The molecule has 1 aromatic heterocycles. The van der Waals surface area contributed by atoms with Gasteiger partial charge in [0, 0.05) is 11.3 Å². The number of carbonyl (C=O) groups is 1. The summed E-state index contributed by atoms with van der Waals surface area (Å²) in [5, 5.41) is 4.38. The van der Waals surface area contributed by atoms with Crippen LogP contribution in [-0.4, -0.2) is 37.7 Å². The minimum atomic E-state index is -2.23. The molecule has 1 heterocycles. The highest BCUT2D eigenvalue weighted by Gasteiger charge is 2.32. The molecule has 2 unspecified atom stereocenters. The van der Waals surface area contributed by atoms with Crippen LogP contribution in [0.3, 0.4) is 0 Å². The summed E-state index contributed by atoms with van der Waals surface area (Å²) in [7, 11) is 0. The molecule has 1 N–H and O–H groups in total. The molecule has 0 radical (unpaired) electrons. The van der Waals surface area contributed by atoms with Gasteiger partial charge < -0.3 is 9.47 Å². The first-order valence-electron chi connectivity index (χ1n) is 11.5. The summed E-state index contributed by atoms with van der Waals surface area (Å²) in [6, 6.07) is 15.1. The lowest BCUT2D eigenvalue weighted by Gasteiger charge is -2.33. The Morgan fingerprint density at radius 2 is 1.79 bits per heavy atom. The Kier molecular flexibility index (Phi) is 7.64. The van der Waals surface area contributed by atoms with E-state index < -0.39 is 11.3 Å². The monoisotopic (exact) mass is 483 g/mol. The highest BCUT2D eigenvalue weighted by atomic mass is 32.2. The Hall–Kier alpha value is -3.17. The summed E-state index contributed by atoms with van der Waals surface area (Å²) in [4.78, 5) is 12.0. The maximum atomic E-state index is 12.5. The fraction of sp³-hybridized carbons (Fsp3) is 0.360. The van der Waals surface area contributed by atoms with Crippen molar-refractivity contribution in [1.29, 1.82) is 0 Å². The Morgan fingerprint density at radius 1 is 1.12 bits per heavy atom. The number of esters is 1. The summed E-state index contributed by atoms with van der Waals surface area (Å²) in [5.74, 6) is 0.476. The molecule has 0 saturated carbocycles. The maximum Gasteiger partial charge on any atom is 0.327 e. The molecular weight excluding hydrogens is 454 g/mol. The zero-order chi connectivity index (χ0) is 24.1. The molecule has 3 aromatic rings. The van der Waals surface area contributed by atoms with Gasteiger partial charge in [0.05, 0.1) is 31.1 Å². The molecule has 0 saturated heterocycles. The van der Waals surface area contributed by atoms with Crippen LogP contribution in [0.4, 0.5) is 5.69 Å². The number of rotatable bonds is 9. The predicted molar refractivity (Wildman–Crippen MR) is 131 cm³/mol. The van der Waals surface area contributed by atoms with Crippen molar-refractivity contribution in [2.75, 3.05) is 17.5 Å². The van der Waals surface area contributed by atoms with Gasteiger partial charge in [-0.3, -0.25) is 18.3 Å². The number of anilines is 1. The lowest BCUT2D eigenvalue weighted by molar-refractivity contribution is -0.144. The zero-order valence-corrected chi connectivity index (χ0v) is 20.2. The van der Waals surface area contributed by atoms with Crippen LogP contribution in [0.1, 0.15) is 44.0 Å². The van der Waals surface area contributed by atoms with E-state index in [1.54, 1.807) is 17.8 Å². The van der Waals surface area contributed by atoms with Gasteiger partial charge in [-0.1, -0.05) is 24.3 Å². The molecule has 4 rings (SSSR count). The third-order valence-corrected chi connectivity index (χ3v) is 6.69. The molecule has 0 amide bonds. The number of nitrogens with zero attached hydrogens (tertiary/aromatic N) is 3. The van der Waals surface area contributed by atoms with Crippen molar-refractivity contribution < 1.29 is 23.0 Å². The maximum absolute atomic E-state index is 12.5. The Bertz CT molecular complexity index is 1140. The molecular formula is C25H29N3O5S. The normalized spacial score (nSPS) is 15.9. The number of ether oxygens (including phenoxy) is 2. The molecule has 0 spiro atoms. The lowest BCUT2D eigenvalue weighted by atomic mass is 9.92. The van der Waals surface area contributed by atoms with Crippen molar-refractivity contribution >= 4 is 22.9 Å². The van der Waals surface area contributed by atoms with Crippen LogP contribution >= 0.6 is 0 Å². The highest BCUT2D eigenvalue weighted by Crippen LogP contribution is 2.38. The van der Waals surface area contributed by atoms with Crippen molar-refractivity contribution in [2.24, 2.45) is 0 Å². The quantitative estimate of drug-likeness (QED) is 0.355. The van der Waals surface area contributed by atoms with Crippen LogP contribution in [0.5, 0.6) is 5.75 Å². The molecule has 0 aliphatic heterocycles. The van der Waals surface area contributed by atoms with Gasteiger partial charge in [0.25, 0.3) is 11.3 Å². The second-order valence-corrected chi connectivity index (χ2v) is 8.83. The molecule has 2 aromatic carbocycles. The van der Waals surface area contributed by atoms with Crippen LogP contribution in [0.2, 0.25) is 0 Å².